The highest BCUT2D eigenvalue weighted by Crippen LogP contribution is 2.31. The first-order valence-electron chi connectivity index (χ1n) is 6.56. The Morgan fingerprint density at radius 2 is 1.71 bits per heavy atom. The van der Waals surface area contributed by atoms with Crippen molar-refractivity contribution in [1.82, 2.24) is 4.57 Å². The molecule has 2 aromatic carbocycles. The number of nitrogens with zero attached hydrogens (tertiary/aromatic N) is 1. The van der Waals surface area contributed by atoms with Crippen LogP contribution in [0, 0.1) is 3.95 Å². The molecule has 24 heavy (non-hydrogen) atoms. The number of aromatic nitrogens is 1. The zero-order chi connectivity index (χ0) is 17.5. The summed E-state index contributed by atoms with van der Waals surface area (Å²) in [5, 5.41) is 7.91. The maximum Gasteiger partial charge on any atom is 0.238 e. The number of rotatable bonds is 3. The molecular formula is C15H10Cl2N2O2S3. The maximum absolute atomic E-state index is 11.4. The lowest BCUT2D eigenvalue weighted by Gasteiger charge is -2.10. The highest BCUT2D eigenvalue weighted by molar-refractivity contribution is 7.89. The van der Waals surface area contributed by atoms with Crippen LogP contribution in [0.25, 0.3) is 16.9 Å². The summed E-state index contributed by atoms with van der Waals surface area (Å²) in [4.78, 5) is 0.0566. The highest BCUT2D eigenvalue weighted by Gasteiger charge is 2.12. The average Bonchev–Trinajstić information content (AvgIpc) is 2.91. The lowest BCUT2D eigenvalue weighted by atomic mass is 10.1. The quantitative estimate of drug-likeness (QED) is 0.617. The van der Waals surface area contributed by atoms with Crippen LogP contribution in [-0.2, 0) is 10.0 Å². The molecule has 0 atom stereocenters. The highest BCUT2D eigenvalue weighted by atomic mass is 35.5. The fraction of sp³-hybridized carbons (Fsp3) is 0. The van der Waals surface area contributed by atoms with Gasteiger partial charge in [-0.2, -0.15) is 0 Å². The SMILES string of the molecule is NS(=O)(=O)c1ccc(-c2csc(=S)n2-c2ccc(Cl)c(Cl)c2)cc1. The second-order valence-corrected chi connectivity index (χ2v) is 8.77. The Balaban J connectivity index is 2.14. The third-order valence-electron chi connectivity index (χ3n) is 3.33. The van der Waals surface area contributed by atoms with Crippen molar-refractivity contribution >= 4 is 56.8 Å². The standard InChI is InChI=1S/C15H10Cl2N2O2S3/c16-12-6-3-10(7-13(12)17)19-14(8-23-15(19)22)9-1-4-11(5-2-9)24(18,20)21/h1-8H,(H2,18,20,21). The molecule has 0 fully saturated rings. The molecule has 0 saturated heterocycles. The van der Waals surface area contributed by atoms with E-state index in [1.54, 1.807) is 24.3 Å². The number of hydrogen-bond acceptors (Lipinski definition) is 4. The Morgan fingerprint density at radius 3 is 2.29 bits per heavy atom. The lowest BCUT2D eigenvalue weighted by Crippen LogP contribution is -2.11. The van der Waals surface area contributed by atoms with E-state index in [0.29, 0.717) is 14.0 Å². The van der Waals surface area contributed by atoms with Gasteiger partial charge in [0.05, 0.1) is 20.6 Å². The Kier molecular flexibility index (Phi) is 4.83. The molecule has 1 aromatic heterocycles. The van der Waals surface area contributed by atoms with Gasteiger partial charge in [-0.25, -0.2) is 13.6 Å². The van der Waals surface area contributed by atoms with E-state index in [0.717, 1.165) is 16.9 Å². The molecule has 9 heteroatoms. The molecule has 0 aliphatic heterocycles. The number of sulfonamides is 1. The second-order valence-electron chi connectivity index (χ2n) is 4.89. The summed E-state index contributed by atoms with van der Waals surface area (Å²) in [7, 11) is -3.73. The fourth-order valence-corrected chi connectivity index (χ4v) is 4.11. The minimum absolute atomic E-state index is 0.0566. The van der Waals surface area contributed by atoms with Crippen molar-refractivity contribution < 1.29 is 8.42 Å². The van der Waals surface area contributed by atoms with Crippen molar-refractivity contribution in [2.24, 2.45) is 5.14 Å². The molecule has 0 saturated carbocycles. The summed E-state index contributed by atoms with van der Waals surface area (Å²) in [5.74, 6) is 0. The number of thiazole rings is 1. The van der Waals surface area contributed by atoms with E-state index >= 15 is 0 Å². The molecule has 0 aliphatic rings. The average molecular weight is 417 g/mol. The van der Waals surface area contributed by atoms with Crippen LogP contribution in [0.15, 0.2) is 52.7 Å². The van der Waals surface area contributed by atoms with Gasteiger partial charge in [0.15, 0.2) is 3.95 Å². The summed E-state index contributed by atoms with van der Waals surface area (Å²) in [5.41, 5.74) is 2.41. The van der Waals surface area contributed by atoms with E-state index in [2.05, 4.69) is 0 Å². The zero-order valence-corrected chi connectivity index (χ0v) is 15.9. The van der Waals surface area contributed by atoms with Gasteiger partial charge < -0.3 is 0 Å². The third kappa shape index (κ3) is 3.42. The fourth-order valence-electron chi connectivity index (χ4n) is 2.19. The predicted octanol–water partition coefficient (Wildman–Crippen LogP) is 4.89. The van der Waals surface area contributed by atoms with Crippen LogP contribution in [0.5, 0.6) is 0 Å². The molecule has 0 aliphatic carbocycles. The summed E-state index contributed by atoms with van der Waals surface area (Å²) in [6.45, 7) is 0. The van der Waals surface area contributed by atoms with Gasteiger partial charge in [-0.15, -0.1) is 11.3 Å². The molecule has 4 nitrogen and oxygen atoms in total. The Hall–Kier alpha value is -1.22. The first-order chi connectivity index (χ1) is 11.3. The van der Waals surface area contributed by atoms with Gasteiger partial charge in [0.2, 0.25) is 10.0 Å². The van der Waals surface area contributed by atoms with Crippen molar-refractivity contribution in [2.75, 3.05) is 0 Å². The van der Waals surface area contributed by atoms with Gasteiger partial charge in [0, 0.05) is 11.1 Å². The van der Waals surface area contributed by atoms with Crippen LogP contribution in [0.3, 0.4) is 0 Å². The van der Waals surface area contributed by atoms with Gasteiger partial charge in [-0.05, 0) is 48.1 Å². The summed E-state index contributed by atoms with van der Waals surface area (Å²) < 4.78 is 25.2. The molecular weight excluding hydrogens is 407 g/mol. The first kappa shape index (κ1) is 17.6. The third-order valence-corrected chi connectivity index (χ3v) is 6.20. The van der Waals surface area contributed by atoms with Crippen molar-refractivity contribution in [3.8, 4) is 16.9 Å². The number of halogens is 2. The lowest BCUT2D eigenvalue weighted by molar-refractivity contribution is 0.598. The molecule has 0 bridgehead atoms. The topological polar surface area (TPSA) is 65.1 Å². The van der Waals surface area contributed by atoms with Crippen LogP contribution >= 0.6 is 46.8 Å². The molecule has 124 valence electrons. The summed E-state index contributed by atoms with van der Waals surface area (Å²) in [6.07, 6.45) is 0. The monoisotopic (exact) mass is 416 g/mol. The largest absolute Gasteiger partial charge is 0.291 e. The number of hydrogen-bond donors (Lipinski definition) is 1. The Bertz CT molecular complexity index is 1070. The molecule has 2 N–H and O–H groups in total. The Labute approximate surface area is 158 Å². The second kappa shape index (κ2) is 6.59. The van der Waals surface area contributed by atoms with Crippen LogP contribution in [0.2, 0.25) is 10.0 Å². The molecule has 1 heterocycles. The van der Waals surface area contributed by atoms with Crippen molar-refractivity contribution in [3.05, 3.63) is 61.8 Å². The van der Waals surface area contributed by atoms with Crippen molar-refractivity contribution in [1.29, 1.82) is 0 Å². The van der Waals surface area contributed by atoms with Crippen LogP contribution in [0.4, 0.5) is 0 Å². The molecule has 0 unspecified atom stereocenters. The zero-order valence-electron chi connectivity index (χ0n) is 11.9. The van der Waals surface area contributed by atoms with Gasteiger partial charge in [-0.3, -0.25) is 4.57 Å². The van der Waals surface area contributed by atoms with Gasteiger partial charge in [0.1, 0.15) is 0 Å². The van der Waals surface area contributed by atoms with E-state index in [4.69, 9.17) is 40.6 Å². The first-order valence-corrected chi connectivity index (χ1v) is 10.2. The van der Waals surface area contributed by atoms with Crippen molar-refractivity contribution in [3.63, 3.8) is 0 Å². The van der Waals surface area contributed by atoms with Crippen LogP contribution < -0.4 is 5.14 Å². The molecule has 0 amide bonds. The maximum atomic E-state index is 11.4. The van der Waals surface area contributed by atoms with Gasteiger partial charge in [0.25, 0.3) is 0 Å². The number of primary sulfonamides is 1. The van der Waals surface area contributed by atoms with Crippen LogP contribution in [0.1, 0.15) is 0 Å². The van der Waals surface area contributed by atoms with E-state index in [9.17, 15) is 8.42 Å². The minimum atomic E-state index is -3.73. The minimum Gasteiger partial charge on any atom is -0.291 e. The normalized spacial score (nSPS) is 11.6. The van der Waals surface area contributed by atoms with Crippen molar-refractivity contribution in [2.45, 2.75) is 4.90 Å². The molecule has 0 spiro atoms. The smallest absolute Gasteiger partial charge is 0.238 e. The van der Waals surface area contributed by atoms with E-state index in [1.807, 2.05) is 16.0 Å². The van der Waals surface area contributed by atoms with Crippen LogP contribution in [-0.4, -0.2) is 13.0 Å². The molecule has 3 rings (SSSR count). The van der Waals surface area contributed by atoms with Gasteiger partial charge >= 0.3 is 0 Å². The number of nitrogens with two attached hydrogens (primary N) is 1. The van der Waals surface area contributed by atoms with E-state index < -0.39 is 10.0 Å². The Morgan fingerprint density at radius 1 is 1.04 bits per heavy atom. The predicted molar refractivity (Wildman–Crippen MR) is 101 cm³/mol. The molecule has 3 aromatic rings. The number of benzene rings is 2. The molecule has 0 radical (unpaired) electrons. The van der Waals surface area contributed by atoms with Gasteiger partial charge in [-0.1, -0.05) is 35.3 Å². The summed E-state index contributed by atoms with van der Waals surface area (Å²) >= 11 is 18.9. The van der Waals surface area contributed by atoms with E-state index in [1.165, 1.54) is 23.5 Å². The summed E-state index contributed by atoms with van der Waals surface area (Å²) in [6, 6.07) is 11.5. The van der Waals surface area contributed by atoms with E-state index in [-0.39, 0.29) is 4.90 Å².